The lowest BCUT2D eigenvalue weighted by Crippen LogP contribution is -1.85. The van der Waals surface area contributed by atoms with E-state index in [0.717, 1.165) is 26.9 Å². The Kier molecular flexibility index (Phi) is 7.64. The molecule has 0 aliphatic rings. The van der Waals surface area contributed by atoms with Gasteiger partial charge in [0, 0.05) is 20.6 Å². The SMILES string of the molecule is O=C(O)C=Cc1cccc(Br)c1.O=Cc1cccc(Br)c1. The van der Waals surface area contributed by atoms with Crippen LogP contribution < -0.4 is 0 Å². The molecule has 2 rings (SSSR count). The van der Waals surface area contributed by atoms with E-state index in [9.17, 15) is 9.59 Å². The van der Waals surface area contributed by atoms with Gasteiger partial charge in [-0.1, -0.05) is 56.1 Å². The molecule has 0 fully saturated rings. The van der Waals surface area contributed by atoms with E-state index in [4.69, 9.17) is 5.11 Å². The molecule has 5 heteroatoms. The molecule has 1 N–H and O–H groups in total. The summed E-state index contributed by atoms with van der Waals surface area (Å²) in [5.41, 5.74) is 1.57. The van der Waals surface area contributed by atoms with E-state index in [1.54, 1.807) is 18.2 Å². The lowest BCUT2D eigenvalue weighted by molar-refractivity contribution is -0.131. The summed E-state index contributed by atoms with van der Waals surface area (Å²) in [7, 11) is 0. The minimum absolute atomic E-state index is 0.698. The molecule has 0 saturated carbocycles. The average Bonchev–Trinajstić information content (AvgIpc) is 2.46. The van der Waals surface area contributed by atoms with Crippen molar-refractivity contribution in [2.45, 2.75) is 0 Å². The zero-order valence-electron chi connectivity index (χ0n) is 10.9. The lowest BCUT2D eigenvalue weighted by Gasteiger charge is -1.92. The van der Waals surface area contributed by atoms with Crippen LogP contribution in [0.15, 0.2) is 63.6 Å². The van der Waals surface area contributed by atoms with E-state index in [-0.39, 0.29) is 0 Å². The van der Waals surface area contributed by atoms with Crippen molar-refractivity contribution in [3.63, 3.8) is 0 Å². The molecule has 2 aromatic carbocycles. The number of aliphatic carboxylic acids is 1. The van der Waals surface area contributed by atoms with Crippen molar-refractivity contribution >= 4 is 50.2 Å². The summed E-state index contributed by atoms with van der Waals surface area (Å²) in [6, 6.07) is 14.7. The minimum atomic E-state index is -0.935. The highest BCUT2D eigenvalue weighted by Crippen LogP contribution is 2.12. The Balaban J connectivity index is 0.000000219. The Hall–Kier alpha value is -1.72. The number of benzene rings is 2. The van der Waals surface area contributed by atoms with E-state index in [0.29, 0.717) is 5.56 Å². The molecule has 3 nitrogen and oxygen atoms in total. The van der Waals surface area contributed by atoms with E-state index in [2.05, 4.69) is 31.9 Å². The molecule has 0 bridgehead atoms. The zero-order chi connectivity index (χ0) is 15.7. The number of carbonyl (C=O) groups is 2. The Morgan fingerprint density at radius 1 is 0.952 bits per heavy atom. The third-order valence-electron chi connectivity index (χ3n) is 2.25. The Labute approximate surface area is 139 Å². The number of hydrogen-bond acceptors (Lipinski definition) is 2. The summed E-state index contributed by atoms with van der Waals surface area (Å²) in [5.74, 6) is -0.935. The van der Waals surface area contributed by atoms with Crippen molar-refractivity contribution in [3.05, 3.63) is 74.7 Å². The monoisotopic (exact) mass is 410 g/mol. The van der Waals surface area contributed by atoms with Crippen LogP contribution in [-0.2, 0) is 4.79 Å². The molecular weight excluding hydrogens is 400 g/mol. The molecule has 0 aliphatic carbocycles. The molecule has 0 aromatic heterocycles. The summed E-state index contributed by atoms with van der Waals surface area (Å²) in [5, 5.41) is 8.35. The Morgan fingerprint density at radius 3 is 1.90 bits per heavy atom. The number of carboxylic acid groups (broad SMARTS) is 1. The van der Waals surface area contributed by atoms with E-state index in [1.165, 1.54) is 0 Å². The maximum Gasteiger partial charge on any atom is 0.328 e. The predicted octanol–water partition coefficient (Wildman–Crippen LogP) is 4.81. The van der Waals surface area contributed by atoms with Crippen LogP contribution in [0.1, 0.15) is 15.9 Å². The molecule has 2 aromatic rings. The van der Waals surface area contributed by atoms with Gasteiger partial charge in [0.05, 0.1) is 0 Å². The highest BCUT2D eigenvalue weighted by molar-refractivity contribution is 9.10. The zero-order valence-corrected chi connectivity index (χ0v) is 14.0. The van der Waals surface area contributed by atoms with Gasteiger partial charge >= 0.3 is 5.97 Å². The van der Waals surface area contributed by atoms with Gasteiger partial charge in [0.15, 0.2) is 0 Å². The quantitative estimate of drug-likeness (QED) is 0.582. The second-order valence-corrected chi connectivity index (χ2v) is 5.73. The van der Waals surface area contributed by atoms with Crippen LogP contribution in [0.25, 0.3) is 6.08 Å². The number of carbonyl (C=O) groups excluding carboxylic acids is 1. The van der Waals surface area contributed by atoms with Crippen molar-refractivity contribution in [1.82, 2.24) is 0 Å². The van der Waals surface area contributed by atoms with E-state index < -0.39 is 5.97 Å². The van der Waals surface area contributed by atoms with Crippen molar-refractivity contribution in [3.8, 4) is 0 Å². The van der Waals surface area contributed by atoms with Gasteiger partial charge in [0.25, 0.3) is 0 Å². The van der Waals surface area contributed by atoms with Crippen LogP contribution in [0.5, 0.6) is 0 Å². The third kappa shape index (κ3) is 7.58. The van der Waals surface area contributed by atoms with Crippen molar-refractivity contribution in [1.29, 1.82) is 0 Å². The lowest BCUT2D eigenvalue weighted by atomic mass is 10.2. The minimum Gasteiger partial charge on any atom is -0.478 e. The summed E-state index contributed by atoms with van der Waals surface area (Å²) >= 11 is 6.53. The van der Waals surface area contributed by atoms with Gasteiger partial charge in [-0.2, -0.15) is 0 Å². The Morgan fingerprint density at radius 2 is 1.48 bits per heavy atom. The van der Waals surface area contributed by atoms with Crippen molar-refractivity contribution < 1.29 is 14.7 Å². The number of aldehydes is 1. The van der Waals surface area contributed by atoms with Crippen LogP contribution in [0.3, 0.4) is 0 Å². The number of carboxylic acids is 1. The number of rotatable bonds is 3. The highest BCUT2D eigenvalue weighted by atomic mass is 79.9. The first kappa shape index (κ1) is 17.3. The molecule has 0 amide bonds. The van der Waals surface area contributed by atoms with E-state index in [1.807, 2.05) is 36.4 Å². The van der Waals surface area contributed by atoms with Crippen LogP contribution in [-0.4, -0.2) is 17.4 Å². The first-order valence-corrected chi connectivity index (χ1v) is 7.47. The van der Waals surface area contributed by atoms with Crippen LogP contribution in [0.4, 0.5) is 0 Å². The second-order valence-electron chi connectivity index (χ2n) is 3.90. The van der Waals surface area contributed by atoms with Crippen LogP contribution in [0.2, 0.25) is 0 Å². The van der Waals surface area contributed by atoms with Gasteiger partial charge in [0.1, 0.15) is 6.29 Å². The largest absolute Gasteiger partial charge is 0.478 e. The van der Waals surface area contributed by atoms with Gasteiger partial charge < -0.3 is 5.11 Å². The second kappa shape index (κ2) is 9.26. The summed E-state index contributed by atoms with van der Waals surface area (Å²) in [6.07, 6.45) is 3.49. The first-order valence-electron chi connectivity index (χ1n) is 5.88. The summed E-state index contributed by atoms with van der Waals surface area (Å²) in [6.45, 7) is 0. The molecule has 0 aliphatic heterocycles. The molecule has 0 heterocycles. The van der Waals surface area contributed by atoms with E-state index >= 15 is 0 Å². The van der Waals surface area contributed by atoms with Crippen molar-refractivity contribution in [2.24, 2.45) is 0 Å². The number of halogens is 2. The molecule has 0 radical (unpaired) electrons. The van der Waals surface area contributed by atoms with Gasteiger partial charge in [-0.15, -0.1) is 0 Å². The first-order chi connectivity index (χ1) is 10.0. The third-order valence-corrected chi connectivity index (χ3v) is 3.24. The number of hydrogen-bond donors (Lipinski definition) is 1. The van der Waals surface area contributed by atoms with Gasteiger partial charge in [-0.25, -0.2) is 4.79 Å². The maximum absolute atomic E-state index is 10.2. The van der Waals surface area contributed by atoms with Gasteiger partial charge in [0.2, 0.25) is 0 Å². The smallest absolute Gasteiger partial charge is 0.328 e. The Bertz CT molecular complexity index is 651. The summed E-state index contributed by atoms with van der Waals surface area (Å²) < 4.78 is 1.88. The average molecular weight is 412 g/mol. The van der Waals surface area contributed by atoms with Crippen LogP contribution >= 0.6 is 31.9 Å². The fourth-order valence-corrected chi connectivity index (χ4v) is 2.19. The molecular formula is C16H12Br2O3. The molecule has 0 atom stereocenters. The molecule has 0 spiro atoms. The fraction of sp³-hybridized carbons (Fsp3) is 0. The van der Waals surface area contributed by atoms with Crippen LogP contribution in [0, 0.1) is 0 Å². The normalized spacial score (nSPS) is 9.81. The molecule has 21 heavy (non-hydrogen) atoms. The predicted molar refractivity (Wildman–Crippen MR) is 90.3 cm³/mol. The molecule has 0 unspecified atom stereocenters. The maximum atomic E-state index is 10.2. The standard InChI is InChI=1S/C9H7BrO2.C7H5BrO/c10-8-3-1-2-7(6-8)4-5-9(11)12;8-7-3-1-2-6(4-7)5-9/h1-6H,(H,11,12);1-5H. The fourth-order valence-electron chi connectivity index (χ4n) is 1.36. The topological polar surface area (TPSA) is 54.4 Å². The molecule has 108 valence electrons. The summed E-state index contributed by atoms with van der Waals surface area (Å²) in [4.78, 5) is 20.3. The van der Waals surface area contributed by atoms with Gasteiger partial charge in [-0.05, 0) is 35.9 Å². The highest BCUT2D eigenvalue weighted by Gasteiger charge is 1.90. The van der Waals surface area contributed by atoms with Crippen molar-refractivity contribution in [2.75, 3.05) is 0 Å². The molecule has 0 saturated heterocycles. The van der Waals surface area contributed by atoms with Gasteiger partial charge in [-0.3, -0.25) is 4.79 Å².